The summed E-state index contributed by atoms with van der Waals surface area (Å²) in [7, 11) is 0. The predicted octanol–water partition coefficient (Wildman–Crippen LogP) is 4.34. The Kier molecular flexibility index (Phi) is 5.83. The minimum absolute atomic E-state index is 0.0986. The number of nitrogens with one attached hydrogen (secondary N) is 1. The summed E-state index contributed by atoms with van der Waals surface area (Å²) in [5.41, 5.74) is 0.722. The number of rotatable bonds is 6. The second-order valence-electron chi connectivity index (χ2n) is 4.66. The average Bonchev–Trinajstić information content (AvgIpc) is 2.51. The van der Waals surface area contributed by atoms with Crippen molar-refractivity contribution in [2.75, 3.05) is 11.9 Å². The van der Waals surface area contributed by atoms with Crippen LogP contribution in [0.4, 0.5) is 10.1 Å². The molecule has 1 amide bonds. The lowest BCUT2D eigenvalue weighted by Crippen LogP contribution is -2.22. The van der Waals surface area contributed by atoms with Gasteiger partial charge >= 0.3 is 0 Å². The highest BCUT2D eigenvalue weighted by atomic mass is 32.2. The summed E-state index contributed by atoms with van der Waals surface area (Å²) in [5.74, 6) is 0.392. The van der Waals surface area contributed by atoms with Gasteiger partial charge in [-0.25, -0.2) is 4.39 Å². The SMILES string of the molecule is CCOc1ccc(NC(=O)[C@H](C)Sc2ccc(F)cc2)cc1. The second kappa shape index (κ2) is 7.84. The maximum Gasteiger partial charge on any atom is 0.237 e. The Morgan fingerprint density at radius 3 is 2.41 bits per heavy atom. The Morgan fingerprint density at radius 2 is 1.82 bits per heavy atom. The number of benzene rings is 2. The van der Waals surface area contributed by atoms with E-state index in [2.05, 4.69) is 5.32 Å². The molecule has 2 aromatic rings. The number of hydrogen-bond acceptors (Lipinski definition) is 3. The van der Waals surface area contributed by atoms with E-state index in [0.29, 0.717) is 6.61 Å². The first-order chi connectivity index (χ1) is 10.6. The van der Waals surface area contributed by atoms with Crippen LogP contribution in [0.15, 0.2) is 53.4 Å². The van der Waals surface area contributed by atoms with Gasteiger partial charge in [0.05, 0.1) is 11.9 Å². The van der Waals surface area contributed by atoms with Crippen molar-refractivity contribution in [3.05, 3.63) is 54.3 Å². The van der Waals surface area contributed by atoms with E-state index in [0.717, 1.165) is 16.3 Å². The topological polar surface area (TPSA) is 38.3 Å². The van der Waals surface area contributed by atoms with Gasteiger partial charge in [-0.2, -0.15) is 0 Å². The van der Waals surface area contributed by atoms with Gasteiger partial charge < -0.3 is 10.1 Å². The fourth-order valence-corrected chi connectivity index (χ4v) is 2.68. The molecule has 1 N–H and O–H groups in total. The number of ether oxygens (including phenoxy) is 1. The van der Waals surface area contributed by atoms with E-state index in [1.807, 2.05) is 26.0 Å². The molecule has 0 saturated carbocycles. The summed E-state index contributed by atoms with van der Waals surface area (Å²) in [6.07, 6.45) is 0. The van der Waals surface area contributed by atoms with Crippen LogP contribution in [0.25, 0.3) is 0 Å². The monoisotopic (exact) mass is 319 g/mol. The summed E-state index contributed by atoms with van der Waals surface area (Å²) in [5, 5.41) is 2.57. The van der Waals surface area contributed by atoms with Gasteiger partial charge in [-0.15, -0.1) is 11.8 Å². The van der Waals surface area contributed by atoms with Crippen LogP contribution in [0, 0.1) is 5.82 Å². The highest BCUT2D eigenvalue weighted by Crippen LogP contribution is 2.24. The van der Waals surface area contributed by atoms with Crippen molar-refractivity contribution in [3.63, 3.8) is 0 Å². The summed E-state index contributed by atoms with van der Waals surface area (Å²) in [6.45, 7) is 4.35. The van der Waals surface area contributed by atoms with E-state index in [1.54, 1.807) is 24.3 Å². The first kappa shape index (κ1) is 16.4. The molecular weight excluding hydrogens is 301 g/mol. The molecule has 0 heterocycles. The van der Waals surface area contributed by atoms with Crippen molar-refractivity contribution < 1.29 is 13.9 Å². The molecule has 0 spiro atoms. The maximum atomic E-state index is 12.9. The smallest absolute Gasteiger partial charge is 0.237 e. The number of thioether (sulfide) groups is 1. The zero-order valence-electron chi connectivity index (χ0n) is 12.5. The van der Waals surface area contributed by atoms with Crippen LogP contribution in [0.5, 0.6) is 5.75 Å². The molecule has 0 saturated heterocycles. The van der Waals surface area contributed by atoms with E-state index in [-0.39, 0.29) is 17.0 Å². The third kappa shape index (κ3) is 4.77. The van der Waals surface area contributed by atoms with E-state index >= 15 is 0 Å². The number of halogens is 1. The Bertz CT molecular complexity index is 614. The highest BCUT2D eigenvalue weighted by molar-refractivity contribution is 8.00. The molecule has 2 rings (SSSR count). The van der Waals surface area contributed by atoms with Gasteiger partial charge in [0.25, 0.3) is 0 Å². The third-order valence-corrected chi connectivity index (χ3v) is 4.04. The van der Waals surface area contributed by atoms with Gasteiger partial charge in [0.1, 0.15) is 11.6 Å². The molecule has 0 aromatic heterocycles. The van der Waals surface area contributed by atoms with Gasteiger partial charge in [0.2, 0.25) is 5.91 Å². The first-order valence-corrected chi connectivity index (χ1v) is 7.92. The van der Waals surface area contributed by atoms with Crippen molar-refractivity contribution >= 4 is 23.4 Å². The molecule has 1 atom stereocenters. The molecular formula is C17H18FNO2S. The second-order valence-corrected chi connectivity index (χ2v) is 6.07. The fraction of sp³-hybridized carbons (Fsp3) is 0.235. The van der Waals surface area contributed by atoms with Crippen LogP contribution < -0.4 is 10.1 Å². The Balaban J connectivity index is 1.91. The Morgan fingerprint density at radius 1 is 1.18 bits per heavy atom. The molecule has 22 heavy (non-hydrogen) atoms. The fourth-order valence-electron chi connectivity index (χ4n) is 1.82. The molecule has 116 valence electrons. The van der Waals surface area contributed by atoms with Crippen LogP contribution in [0.3, 0.4) is 0 Å². The zero-order chi connectivity index (χ0) is 15.9. The minimum Gasteiger partial charge on any atom is -0.494 e. The number of carbonyl (C=O) groups excluding carboxylic acids is 1. The molecule has 5 heteroatoms. The summed E-state index contributed by atoms with van der Waals surface area (Å²) in [4.78, 5) is 13.0. The van der Waals surface area contributed by atoms with Crippen molar-refractivity contribution in [3.8, 4) is 5.75 Å². The van der Waals surface area contributed by atoms with E-state index in [4.69, 9.17) is 4.74 Å². The number of carbonyl (C=O) groups is 1. The Labute approximate surface area is 133 Å². The zero-order valence-corrected chi connectivity index (χ0v) is 13.3. The number of hydrogen-bond donors (Lipinski definition) is 1. The van der Waals surface area contributed by atoms with E-state index in [9.17, 15) is 9.18 Å². The molecule has 2 aromatic carbocycles. The number of amides is 1. The summed E-state index contributed by atoms with van der Waals surface area (Å²) >= 11 is 1.39. The lowest BCUT2D eigenvalue weighted by Gasteiger charge is -2.12. The quantitative estimate of drug-likeness (QED) is 0.805. The standard InChI is InChI=1S/C17H18FNO2S/c1-3-21-15-8-6-14(7-9-15)19-17(20)12(2)22-16-10-4-13(18)5-11-16/h4-12H,3H2,1-2H3,(H,19,20)/t12-/m0/s1. The third-order valence-electron chi connectivity index (χ3n) is 2.93. The van der Waals surface area contributed by atoms with Crippen LogP contribution in [-0.4, -0.2) is 17.8 Å². The summed E-state index contributed by atoms with van der Waals surface area (Å²) in [6, 6.07) is 13.4. The minimum atomic E-state index is -0.282. The lowest BCUT2D eigenvalue weighted by molar-refractivity contribution is -0.115. The largest absolute Gasteiger partial charge is 0.494 e. The average molecular weight is 319 g/mol. The molecule has 0 bridgehead atoms. The summed E-state index contributed by atoms with van der Waals surface area (Å²) < 4.78 is 18.2. The van der Waals surface area contributed by atoms with Gasteiger partial charge in [0.15, 0.2) is 0 Å². The van der Waals surface area contributed by atoms with Crippen molar-refractivity contribution in [1.29, 1.82) is 0 Å². The predicted molar refractivity (Wildman–Crippen MR) is 88.0 cm³/mol. The molecule has 3 nitrogen and oxygen atoms in total. The van der Waals surface area contributed by atoms with Gasteiger partial charge in [-0.05, 0) is 62.4 Å². The normalized spacial score (nSPS) is 11.8. The molecule has 0 unspecified atom stereocenters. The van der Waals surface area contributed by atoms with Crippen LogP contribution in [0.2, 0.25) is 0 Å². The molecule has 0 aliphatic carbocycles. The van der Waals surface area contributed by atoms with Gasteiger partial charge in [0, 0.05) is 10.6 Å². The van der Waals surface area contributed by atoms with E-state index < -0.39 is 0 Å². The van der Waals surface area contributed by atoms with E-state index in [1.165, 1.54) is 23.9 Å². The van der Waals surface area contributed by atoms with Gasteiger partial charge in [-0.1, -0.05) is 0 Å². The first-order valence-electron chi connectivity index (χ1n) is 7.04. The number of anilines is 1. The van der Waals surface area contributed by atoms with Crippen molar-refractivity contribution in [1.82, 2.24) is 0 Å². The lowest BCUT2D eigenvalue weighted by atomic mass is 10.3. The van der Waals surface area contributed by atoms with Gasteiger partial charge in [-0.3, -0.25) is 4.79 Å². The molecule has 0 radical (unpaired) electrons. The highest BCUT2D eigenvalue weighted by Gasteiger charge is 2.14. The van der Waals surface area contributed by atoms with Crippen LogP contribution in [-0.2, 0) is 4.79 Å². The maximum absolute atomic E-state index is 12.9. The van der Waals surface area contributed by atoms with Crippen molar-refractivity contribution in [2.45, 2.75) is 24.0 Å². The Hall–Kier alpha value is -2.01. The molecule has 0 fully saturated rings. The molecule has 0 aliphatic heterocycles. The molecule has 0 aliphatic rings. The van der Waals surface area contributed by atoms with Crippen molar-refractivity contribution in [2.24, 2.45) is 0 Å². The van der Waals surface area contributed by atoms with Crippen LogP contribution in [0.1, 0.15) is 13.8 Å². The van der Waals surface area contributed by atoms with Crippen LogP contribution >= 0.6 is 11.8 Å².